The van der Waals surface area contributed by atoms with Crippen molar-refractivity contribution >= 4 is 22.9 Å². The van der Waals surface area contributed by atoms with E-state index in [0.717, 1.165) is 34.2 Å². The van der Waals surface area contributed by atoms with E-state index in [1.165, 1.54) is 6.33 Å². The molecule has 20 heavy (non-hydrogen) atoms. The molecule has 2 aromatic heterocycles. The summed E-state index contributed by atoms with van der Waals surface area (Å²) in [6, 6.07) is 8.00. The van der Waals surface area contributed by atoms with E-state index in [1.807, 2.05) is 24.3 Å². The largest absolute Gasteiger partial charge is 0.494 e. The van der Waals surface area contributed by atoms with Crippen molar-refractivity contribution < 1.29 is 4.74 Å². The first kappa shape index (κ1) is 12.9. The van der Waals surface area contributed by atoms with Crippen LogP contribution in [-0.2, 0) is 0 Å². The van der Waals surface area contributed by atoms with Gasteiger partial charge in [0.1, 0.15) is 22.6 Å². The average Bonchev–Trinajstić information content (AvgIpc) is 2.95. The molecular formula is C14H14N4OS. The van der Waals surface area contributed by atoms with Crippen molar-refractivity contribution in [3.8, 4) is 5.75 Å². The van der Waals surface area contributed by atoms with E-state index in [1.54, 1.807) is 18.1 Å². The van der Waals surface area contributed by atoms with Crippen LogP contribution in [-0.4, -0.2) is 26.5 Å². The molecule has 0 radical (unpaired) electrons. The summed E-state index contributed by atoms with van der Waals surface area (Å²) in [4.78, 5) is 16.7. The Morgan fingerprint density at radius 2 is 2.20 bits per heavy atom. The molecule has 0 saturated heterocycles. The van der Waals surface area contributed by atoms with Gasteiger partial charge in [0.15, 0.2) is 5.65 Å². The minimum absolute atomic E-state index is 0.681. The lowest BCUT2D eigenvalue weighted by atomic mass is 10.3. The summed E-state index contributed by atoms with van der Waals surface area (Å²) in [5, 5.41) is 0.861. The van der Waals surface area contributed by atoms with Crippen molar-refractivity contribution in [3.63, 3.8) is 0 Å². The van der Waals surface area contributed by atoms with E-state index in [4.69, 9.17) is 4.74 Å². The summed E-state index contributed by atoms with van der Waals surface area (Å²) in [6.07, 6.45) is 4.16. The Morgan fingerprint density at radius 3 is 3.10 bits per heavy atom. The smallest absolute Gasteiger partial charge is 0.181 e. The van der Waals surface area contributed by atoms with Gasteiger partial charge in [0.25, 0.3) is 0 Å². The lowest BCUT2D eigenvalue weighted by Gasteiger charge is -2.06. The number of aromatic nitrogens is 4. The highest BCUT2D eigenvalue weighted by molar-refractivity contribution is 7.99. The third-order valence-corrected chi connectivity index (χ3v) is 3.67. The predicted molar refractivity (Wildman–Crippen MR) is 78.0 cm³/mol. The maximum atomic E-state index is 5.64. The van der Waals surface area contributed by atoms with Crippen LogP contribution >= 0.6 is 11.8 Å². The molecule has 1 aromatic carbocycles. The van der Waals surface area contributed by atoms with Gasteiger partial charge in [0, 0.05) is 4.90 Å². The standard InChI is InChI=1S/C14H14N4OS/c1-2-6-19-10-4-3-5-11(7-10)20-14-12-13(16-8-15-12)17-9-18-14/h3-5,7-9H,2,6H2,1H3,(H,15,16,17,18). The van der Waals surface area contributed by atoms with Gasteiger partial charge < -0.3 is 9.72 Å². The van der Waals surface area contributed by atoms with Crippen molar-refractivity contribution in [2.45, 2.75) is 23.3 Å². The predicted octanol–water partition coefficient (Wildman–Crippen LogP) is 3.29. The number of hydrogen-bond acceptors (Lipinski definition) is 5. The van der Waals surface area contributed by atoms with E-state index < -0.39 is 0 Å². The van der Waals surface area contributed by atoms with Crippen LogP contribution in [0.3, 0.4) is 0 Å². The molecule has 1 N–H and O–H groups in total. The van der Waals surface area contributed by atoms with Crippen LogP contribution in [0.2, 0.25) is 0 Å². The molecule has 0 unspecified atom stereocenters. The Labute approximate surface area is 120 Å². The van der Waals surface area contributed by atoms with Crippen LogP contribution in [0.1, 0.15) is 13.3 Å². The Balaban J connectivity index is 1.85. The molecule has 3 aromatic rings. The first-order chi connectivity index (χ1) is 9.86. The fourth-order valence-corrected chi connectivity index (χ4v) is 2.68. The average molecular weight is 286 g/mol. The molecule has 0 fully saturated rings. The highest BCUT2D eigenvalue weighted by Gasteiger charge is 2.08. The number of aromatic amines is 1. The second-order valence-electron chi connectivity index (χ2n) is 4.21. The molecule has 3 rings (SSSR count). The molecule has 0 bridgehead atoms. The van der Waals surface area contributed by atoms with Crippen LogP contribution in [0.25, 0.3) is 11.2 Å². The first-order valence-electron chi connectivity index (χ1n) is 6.41. The number of imidazole rings is 1. The molecule has 0 amide bonds. The lowest BCUT2D eigenvalue weighted by Crippen LogP contribution is -1.94. The Hall–Kier alpha value is -2.08. The summed E-state index contributed by atoms with van der Waals surface area (Å²) in [5.41, 5.74) is 1.54. The van der Waals surface area contributed by atoms with Crippen LogP contribution in [0, 0.1) is 0 Å². The third kappa shape index (κ3) is 2.75. The Bertz CT molecular complexity index is 713. The van der Waals surface area contributed by atoms with Crippen molar-refractivity contribution in [2.75, 3.05) is 6.61 Å². The molecule has 0 aliphatic heterocycles. The fraction of sp³-hybridized carbons (Fsp3) is 0.214. The van der Waals surface area contributed by atoms with Gasteiger partial charge in [-0.1, -0.05) is 24.8 Å². The van der Waals surface area contributed by atoms with E-state index in [0.29, 0.717) is 5.65 Å². The minimum Gasteiger partial charge on any atom is -0.494 e. The van der Waals surface area contributed by atoms with Crippen molar-refractivity contribution in [1.29, 1.82) is 0 Å². The zero-order valence-electron chi connectivity index (χ0n) is 11.0. The van der Waals surface area contributed by atoms with Gasteiger partial charge >= 0.3 is 0 Å². The molecule has 2 heterocycles. The molecule has 5 nitrogen and oxygen atoms in total. The van der Waals surface area contributed by atoms with Crippen LogP contribution < -0.4 is 4.74 Å². The second kappa shape index (κ2) is 5.92. The molecule has 0 aliphatic carbocycles. The second-order valence-corrected chi connectivity index (χ2v) is 5.27. The molecule has 102 valence electrons. The maximum absolute atomic E-state index is 5.64. The van der Waals surface area contributed by atoms with Crippen LogP contribution in [0.15, 0.2) is 46.8 Å². The molecule has 0 spiro atoms. The summed E-state index contributed by atoms with van der Waals surface area (Å²) in [6.45, 7) is 2.82. The first-order valence-corrected chi connectivity index (χ1v) is 7.23. The zero-order chi connectivity index (χ0) is 13.8. The third-order valence-electron chi connectivity index (χ3n) is 2.68. The summed E-state index contributed by atoms with van der Waals surface area (Å²) >= 11 is 1.57. The monoisotopic (exact) mass is 286 g/mol. The Kier molecular flexibility index (Phi) is 3.83. The number of hydrogen-bond donors (Lipinski definition) is 1. The number of fused-ring (bicyclic) bond motifs is 1. The number of nitrogens with zero attached hydrogens (tertiary/aromatic N) is 3. The van der Waals surface area contributed by atoms with Crippen LogP contribution in [0.5, 0.6) is 5.75 Å². The van der Waals surface area contributed by atoms with Crippen molar-refractivity contribution in [3.05, 3.63) is 36.9 Å². The van der Waals surface area contributed by atoms with Crippen molar-refractivity contribution in [2.24, 2.45) is 0 Å². The number of rotatable bonds is 5. The number of benzene rings is 1. The van der Waals surface area contributed by atoms with Crippen LogP contribution in [0.4, 0.5) is 0 Å². The van der Waals surface area contributed by atoms with E-state index in [2.05, 4.69) is 26.9 Å². The summed E-state index contributed by atoms with van der Waals surface area (Å²) in [5.74, 6) is 0.881. The van der Waals surface area contributed by atoms with E-state index in [-0.39, 0.29) is 0 Å². The van der Waals surface area contributed by atoms with E-state index in [9.17, 15) is 0 Å². The minimum atomic E-state index is 0.681. The van der Waals surface area contributed by atoms with Gasteiger partial charge in [0.05, 0.1) is 12.9 Å². The quantitative estimate of drug-likeness (QED) is 0.729. The topological polar surface area (TPSA) is 63.7 Å². The van der Waals surface area contributed by atoms with Gasteiger partial charge in [0.2, 0.25) is 0 Å². The molecule has 0 saturated carbocycles. The van der Waals surface area contributed by atoms with Gasteiger partial charge in [-0.15, -0.1) is 0 Å². The maximum Gasteiger partial charge on any atom is 0.181 e. The molecular weight excluding hydrogens is 272 g/mol. The summed E-state index contributed by atoms with van der Waals surface area (Å²) in [7, 11) is 0. The van der Waals surface area contributed by atoms with Gasteiger partial charge in [-0.3, -0.25) is 0 Å². The SMILES string of the molecule is CCCOc1cccc(Sc2ncnc3nc[nH]c23)c1. The van der Waals surface area contributed by atoms with Crippen molar-refractivity contribution in [1.82, 2.24) is 19.9 Å². The van der Waals surface area contributed by atoms with E-state index >= 15 is 0 Å². The highest BCUT2D eigenvalue weighted by atomic mass is 32.2. The molecule has 0 atom stereocenters. The highest BCUT2D eigenvalue weighted by Crippen LogP contribution is 2.31. The van der Waals surface area contributed by atoms with Gasteiger partial charge in [-0.2, -0.15) is 0 Å². The lowest BCUT2D eigenvalue weighted by molar-refractivity contribution is 0.316. The molecule has 0 aliphatic rings. The normalized spacial score (nSPS) is 10.8. The number of ether oxygens (including phenoxy) is 1. The number of nitrogens with one attached hydrogen (secondary N) is 1. The van der Waals surface area contributed by atoms with Gasteiger partial charge in [-0.05, 0) is 24.6 Å². The fourth-order valence-electron chi connectivity index (χ4n) is 1.78. The molecule has 6 heteroatoms. The zero-order valence-corrected chi connectivity index (χ0v) is 11.9. The van der Waals surface area contributed by atoms with Gasteiger partial charge in [-0.25, -0.2) is 15.0 Å². The number of H-pyrrole nitrogens is 1. The Morgan fingerprint density at radius 1 is 1.25 bits per heavy atom. The summed E-state index contributed by atoms with van der Waals surface area (Å²) < 4.78 is 5.64.